The SMILES string of the molecule is C[C@H]1[C@H](OC(=O)CCC(=O)NCc2ccccn2)O[C@@H]2O[C@]3(C)CC[C@H]4[C@H](C)CC[C@@H]1[C@]24OO3. The van der Waals surface area contributed by atoms with Gasteiger partial charge in [0.1, 0.15) is 0 Å². The van der Waals surface area contributed by atoms with Crippen LogP contribution in [-0.2, 0) is 40.1 Å². The van der Waals surface area contributed by atoms with Gasteiger partial charge in [0, 0.05) is 30.9 Å². The number of ether oxygens (including phenoxy) is 3. The summed E-state index contributed by atoms with van der Waals surface area (Å²) >= 11 is 0. The third-order valence-electron chi connectivity index (χ3n) is 8.09. The van der Waals surface area contributed by atoms with Crippen LogP contribution in [0.3, 0.4) is 0 Å². The Hall–Kier alpha value is -2.07. The van der Waals surface area contributed by atoms with Crippen molar-refractivity contribution < 1.29 is 33.6 Å². The van der Waals surface area contributed by atoms with Crippen LogP contribution in [0.25, 0.3) is 0 Å². The minimum absolute atomic E-state index is 0.0288. The van der Waals surface area contributed by atoms with E-state index in [-0.39, 0.29) is 36.5 Å². The minimum atomic E-state index is -0.877. The van der Waals surface area contributed by atoms with E-state index in [4.69, 9.17) is 24.0 Å². The molecule has 1 aromatic heterocycles. The van der Waals surface area contributed by atoms with Gasteiger partial charge in [0.15, 0.2) is 11.9 Å². The number of hydrogen-bond acceptors (Lipinski definition) is 8. The Labute approximate surface area is 199 Å². The normalized spacial score (nSPS) is 40.7. The number of carbonyl (C=O) groups excluding carboxylic acids is 2. The number of aromatic nitrogens is 1. The molecule has 2 bridgehead atoms. The molecule has 6 rings (SSSR count). The number of amides is 1. The maximum Gasteiger partial charge on any atom is 0.308 e. The highest BCUT2D eigenvalue weighted by Crippen LogP contribution is 2.60. The monoisotopic (exact) mass is 474 g/mol. The van der Waals surface area contributed by atoms with Crippen LogP contribution in [0.5, 0.6) is 0 Å². The van der Waals surface area contributed by atoms with Crippen molar-refractivity contribution >= 4 is 11.9 Å². The molecule has 4 saturated heterocycles. The zero-order chi connectivity index (χ0) is 23.9. The van der Waals surface area contributed by atoms with Gasteiger partial charge in [-0.1, -0.05) is 19.9 Å². The summed E-state index contributed by atoms with van der Waals surface area (Å²) in [7, 11) is 0. The van der Waals surface area contributed by atoms with Gasteiger partial charge < -0.3 is 19.5 Å². The highest BCUT2D eigenvalue weighted by molar-refractivity contribution is 5.81. The second-order valence-corrected chi connectivity index (χ2v) is 10.4. The Balaban J connectivity index is 1.20. The lowest BCUT2D eigenvalue weighted by atomic mass is 9.58. The van der Waals surface area contributed by atoms with Crippen molar-refractivity contribution in [3.05, 3.63) is 30.1 Å². The summed E-state index contributed by atoms with van der Waals surface area (Å²) in [5.41, 5.74) is 0.0657. The van der Waals surface area contributed by atoms with Crippen molar-refractivity contribution in [3.8, 4) is 0 Å². The highest BCUT2D eigenvalue weighted by atomic mass is 17.3. The van der Waals surface area contributed by atoms with Gasteiger partial charge in [-0.3, -0.25) is 14.6 Å². The number of rotatable bonds is 6. The maximum atomic E-state index is 12.6. The number of esters is 1. The third-order valence-corrected chi connectivity index (χ3v) is 8.09. The van der Waals surface area contributed by atoms with Crippen LogP contribution in [0.2, 0.25) is 0 Å². The summed E-state index contributed by atoms with van der Waals surface area (Å²) in [6.45, 7) is 6.47. The van der Waals surface area contributed by atoms with E-state index in [2.05, 4.69) is 17.2 Å². The van der Waals surface area contributed by atoms with Crippen LogP contribution >= 0.6 is 0 Å². The molecular formula is C25H34N2O7. The number of nitrogens with one attached hydrogen (secondary N) is 1. The molecule has 5 fully saturated rings. The molecule has 186 valence electrons. The Morgan fingerprint density at radius 3 is 2.79 bits per heavy atom. The zero-order valence-electron chi connectivity index (χ0n) is 20.0. The van der Waals surface area contributed by atoms with Crippen LogP contribution in [-0.4, -0.2) is 40.8 Å². The van der Waals surface area contributed by atoms with E-state index in [0.717, 1.165) is 31.4 Å². The fourth-order valence-electron chi connectivity index (χ4n) is 6.19. The topological polar surface area (TPSA) is 105 Å². The molecule has 0 unspecified atom stereocenters. The Bertz CT molecular complexity index is 914. The Morgan fingerprint density at radius 1 is 1.15 bits per heavy atom. The molecule has 5 aliphatic rings. The van der Waals surface area contributed by atoms with Crippen molar-refractivity contribution in [2.45, 2.75) is 89.8 Å². The number of pyridine rings is 1. The van der Waals surface area contributed by atoms with Gasteiger partial charge >= 0.3 is 5.97 Å². The van der Waals surface area contributed by atoms with E-state index >= 15 is 0 Å². The van der Waals surface area contributed by atoms with E-state index in [1.54, 1.807) is 6.20 Å². The molecule has 1 amide bonds. The number of nitrogens with zero attached hydrogens (tertiary/aromatic N) is 1. The average Bonchev–Trinajstić information content (AvgIpc) is 3.06. The zero-order valence-corrected chi connectivity index (χ0v) is 20.0. The van der Waals surface area contributed by atoms with Gasteiger partial charge in [0.2, 0.25) is 18.0 Å². The summed E-state index contributed by atoms with van der Waals surface area (Å²) in [4.78, 5) is 40.9. The van der Waals surface area contributed by atoms with Gasteiger partial charge in [-0.05, 0) is 50.2 Å². The molecule has 5 heterocycles. The minimum Gasteiger partial charge on any atom is -0.435 e. The smallest absolute Gasteiger partial charge is 0.308 e. The quantitative estimate of drug-likeness (QED) is 0.495. The van der Waals surface area contributed by atoms with Crippen molar-refractivity contribution in [1.29, 1.82) is 0 Å². The summed E-state index contributed by atoms with van der Waals surface area (Å²) in [6, 6.07) is 5.51. The van der Waals surface area contributed by atoms with Crippen LogP contribution in [0.15, 0.2) is 24.4 Å². The molecule has 8 atom stereocenters. The summed E-state index contributed by atoms with van der Waals surface area (Å²) in [5.74, 6) is -0.876. The molecular weight excluding hydrogens is 440 g/mol. The molecule has 1 saturated carbocycles. The predicted molar refractivity (Wildman–Crippen MR) is 118 cm³/mol. The first-order chi connectivity index (χ1) is 16.3. The average molecular weight is 475 g/mol. The molecule has 9 heteroatoms. The van der Waals surface area contributed by atoms with Crippen LogP contribution in [0, 0.1) is 23.7 Å². The van der Waals surface area contributed by atoms with E-state index in [1.807, 2.05) is 32.0 Å². The molecule has 34 heavy (non-hydrogen) atoms. The molecule has 0 aromatic carbocycles. The molecule has 0 radical (unpaired) electrons. The molecule has 4 aliphatic heterocycles. The fraction of sp³-hybridized carbons (Fsp3) is 0.720. The predicted octanol–water partition coefficient (Wildman–Crippen LogP) is 3.23. The number of hydrogen-bond donors (Lipinski definition) is 1. The summed E-state index contributed by atoms with van der Waals surface area (Å²) in [6.07, 6.45) is 3.92. The molecule has 1 aliphatic carbocycles. The largest absolute Gasteiger partial charge is 0.435 e. The number of carbonyl (C=O) groups is 2. The van der Waals surface area contributed by atoms with Crippen molar-refractivity contribution in [3.63, 3.8) is 0 Å². The standard InChI is InChI=1S/C25H34N2O7/c1-15-7-8-19-16(2)22(31-23-25(19)18(15)11-12-24(3,32-23)33-34-25)30-21(29)10-9-20(28)27-14-17-6-4-5-13-26-17/h4-6,13,15-16,18-19,22-23H,7-12,14H2,1-3H3,(H,27,28)/t15-,16-,18+,19+,22-,23-,24+,25+/m1/s1. The Morgan fingerprint density at radius 2 is 2.00 bits per heavy atom. The van der Waals surface area contributed by atoms with Crippen LogP contribution < -0.4 is 5.32 Å². The molecule has 1 N–H and O–H groups in total. The van der Waals surface area contributed by atoms with E-state index in [0.29, 0.717) is 12.5 Å². The maximum absolute atomic E-state index is 12.6. The van der Waals surface area contributed by atoms with E-state index in [1.165, 1.54) is 0 Å². The van der Waals surface area contributed by atoms with Crippen molar-refractivity contribution in [2.75, 3.05) is 0 Å². The van der Waals surface area contributed by atoms with Crippen LogP contribution in [0.4, 0.5) is 0 Å². The van der Waals surface area contributed by atoms with Gasteiger partial charge in [0.25, 0.3) is 0 Å². The third kappa shape index (κ3) is 4.23. The number of fused-ring (bicyclic) bond motifs is 2. The van der Waals surface area contributed by atoms with Crippen LogP contribution in [0.1, 0.15) is 65.0 Å². The second kappa shape index (κ2) is 9.18. The van der Waals surface area contributed by atoms with Gasteiger partial charge in [-0.15, -0.1) is 0 Å². The Kier molecular flexibility index (Phi) is 6.39. The van der Waals surface area contributed by atoms with Gasteiger partial charge in [-0.25, -0.2) is 9.78 Å². The first kappa shape index (κ1) is 23.7. The lowest BCUT2D eigenvalue weighted by molar-refractivity contribution is -0.576. The van der Waals surface area contributed by atoms with Crippen molar-refractivity contribution in [1.82, 2.24) is 10.3 Å². The first-order valence-electron chi connectivity index (χ1n) is 12.4. The van der Waals surface area contributed by atoms with E-state index in [9.17, 15) is 9.59 Å². The van der Waals surface area contributed by atoms with Gasteiger partial charge in [0.05, 0.1) is 18.7 Å². The summed E-state index contributed by atoms with van der Waals surface area (Å²) in [5, 5.41) is 2.77. The lowest BCUT2D eigenvalue weighted by Crippen LogP contribution is -2.70. The van der Waals surface area contributed by atoms with E-state index < -0.39 is 29.9 Å². The second-order valence-electron chi connectivity index (χ2n) is 10.4. The summed E-state index contributed by atoms with van der Waals surface area (Å²) < 4.78 is 18.3. The molecule has 1 spiro atoms. The first-order valence-corrected chi connectivity index (χ1v) is 12.4. The molecule has 9 nitrogen and oxygen atoms in total. The lowest BCUT2D eigenvalue weighted by Gasteiger charge is -2.59. The highest BCUT2D eigenvalue weighted by Gasteiger charge is 2.69. The molecule has 1 aromatic rings. The fourth-order valence-corrected chi connectivity index (χ4v) is 6.19. The van der Waals surface area contributed by atoms with Crippen molar-refractivity contribution in [2.24, 2.45) is 23.7 Å². The van der Waals surface area contributed by atoms with Gasteiger partial charge in [-0.2, -0.15) is 0 Å².